The number of aryl methyl sites for hydroxylation is 1. The van der Waals surface area contributed by atoms with E-state index in [2.05, 4.69) is 28.3 Å². The summed E-state index contributed by atoms with van der Waals surface area (Å²) in [5.74, 6) is -1.07. The van der Waals surface area contributed by atoms with Gasteiger partial charge in [-0.05, 0) is 42.1 Å². The Hall–Kier alpha value is -2.14. The molecular formula is C18H16F2N2S. The second-order valence-electron chi connectivity index (χ2n) is 5.82. The van der Waals surface area contributed by atoms with Crippen molar-refractivity contribution in [2.75, 3.05) is 11.4 Å². The molecule has 0 unspecified atom stereocenters. The van der Waals surface area contributed by atoms with Gasteiger partial charge in [-0.1, -0.05) is 6.07 Å². The van der Waals surface area contributed by atoms with E-state index in [1.54, 1.807) is 11.3 Å². The van der Waals surface area contributed by atoms with Crippen LogP contribution in [0.1, 0.15) is 16.1 Å². The largest absolute Gasteiger partial charge is 0.366 e. The molecule has 3 aromatic rings. The van der Waals surface area contributed by atoms with Gasteiger partial charge in [0.2, 0.25) is 0 Å². The lowest BCUT2D eigenvalue weighted by Gasteiger charge is -2.28. The van der Waals surface area contributed by atoms with Gasteiger partial charge in [0.05, 0.1) is 16.9 Å². The predicted molar refractivity (Wildman–Crippen MR) is 90.0 cm³/mol. The fourth-order valence-electron chi connectivity index (χ4n) is 3.24. The fraction of sp³-hybridized carbons (Fsp3) is 0.222. The quantitative estimate of drug-likeness (QED) is 0.708. The molecule has 5 heteroatoms. The number of halogens is 2. The zero-order chi connectivity index (χ0) is 16.0. The molecule has 0 amide bonds. The third kappa shape index (κ3) is 2.45. The van der Waals surface area contributed by atoms with Crippen molar-refractivity contribution in [2.45, 2.75) is 19.9 Å². The number of nitrogens with zero attached hydrogens (tertiary/aromatic N) is 1. The summed E-state index contributed by atoms with van der Waals surface area (Å²) in [7, 11) is 0. The highest BCUT2D eigenvalue weighted by molar-refractivity contribution is 7.10. The number of fused-ring (bicyclic) bond motifs is 1. The van der Waals surface area contributed by atoms with Gasteiger partial charge in [-0.2, -0.15) is 0 Å². The standard InChI is InChI=1S/C18H16F2N2S/c1-11-17(6-8-23-11)22-7-5-15-12(10-22)9-16(21-15)18-13(19)3-2-4-14(18)20/h2-4,6,8-9,21H,5,7,10H2,1H3. The summed E-state index contributed by atoms with van der Waals surface area (Å²) in [6.07, 6.45) is 0.848. The molecule has 0 bridgehead atoms. The molecule has 0 saturated heterocycles. The number of aromatic amines is 1. The highest BCUT2D eigenvalue weighted by Crippen LogP contribution is 2.33. The third-order valence-electron chi connectivity index (χ3n) is 4.39. The summed E-state index contributed by atoms with van der Waals surface area (Å²) < 4.78 is 28.0. The predicted octanol–water partition coefficient (Wildman–Crippen LogP) is 4.89. The van der Waals surface area contributed by atoms with Gasteiger partial charge in [0.15, 0.2) is 0 Å². The maximum absolute atomic E-state index is 14.0. The number of rotatable bonds is 2. The van der Waals surface area contributed by atoms with E-state index in [1.807, 2.05) is 6.07 Å². The molecule has 0 saturated carbocycles. The molecule has 2 aromatic heterocycles. The van der Waals surface area contributed by atoms with Gasteiger partial charge in [0.25, 0.3) is 0 Å². The van der Waals surface area contributed by atoms with Crippen molar-refractivity contribution < 1.29 is 8.78 Å². The molecule has 0 radical (unpaired) electrons. The molecule has 0 atom stereocenters. The number of aromatic nitrogens is 1. The minimum absolute atomic E-state index is 0.0279. The van der Waals surface area contributed by atoms with Crippen LogP contribution in [0, 0.1) is 18.6 Å². The lowest BCUT2D eigenvalue weighted by Crippen LogP contribution is -2.29. The first-order valence-electron chi connectivity index (χ1n) is 7.57. The topological polar surface area (TPSA) is 19.0 Å². The molecule has 0 fully saturated rings. The van der Waals surface area contributed by atoms with Crippen molar-refractivity contribution >= 4 is 17.0 Å². The SMILES string of the molecule is Cc1sccc1N1CCc2[nH]c(-c3c(F)cccc3F)cc2C1. The van der Waals surface area contributed by atoms with E-state index >= 15 is 0 Å². The Morgan fingerprint density at radius 1 is 1.17 bits per heavy atom. The van der Waals surface area contributed by atoms with Crippen LogP contribution < -0.4 is 4.90 Å². The molecule has 1 N–H and O–H groups in total. The van der Waals surface area contributed by atoms with Gasteiger partial charge >= 0.3 is 0 Å². The Bertz CT molecular complexity index is 846. The zero-order valence-corrected chi connectivity index (χ0v) is 13.5. The van der Waals surface area contributed by atoms with Crippen molar-refractivity contribution in [1.82, 2.24) is 4.98 Å². The van der Waals surface area contributed by atoms with E-state index in [0.29, 0.717) is 5.69 Å². The molecule has 2 nitrogen and oxygen atoms in total. The van der Waals surface area contributed by atoms with Crippen LogP contribution in [0.25, 0.3) is 11.3 Å². The number of benzene rings is 1. The number of nitrogens with one attached hydrogen (secondary N) is 1. The second kappa shape index (κ2) is 5.49. The normalized spacial score (nSPS) is 14.1. The molecular weight excluding hydrogens is 314 g/mol. The van der Waals surface area contributed by atoms with Crippen LogP contribution in [0.5, 0.6) is 0 Å². The Morgan fingerprint density at radius 2 is 1.96 bits per heavy atom. The summed E-state index contributed by atoms with van der Waals surface area (Å²) in [6, 6.07) is 7.98. The fourth-order valence-corrected chi connectivity index (χ4v) is 3.96. The highest BCUT2D eigenvalue weighted by atomic mass is 32.1. The van der Waals surface area contributed by atoms with Crippen LogP contribution in [0.2, 0.25) is 0 Å². The summed E-state index contributed by atoms with van der Waals surface area (Å²) in [6.45, 7) is 3.79. The number of hydrogen-bond donors (Lipinski definition) is 1. The van der Waals surface area contributed by atoms with Gasteiger partial charge in [-0.3, -0.25) is 0 Å². The molecule has 1 aromatic carbocycles. The van der Waals surface area contributed by atoms with Crippen LogP contribution in [0.3, 0.4) is 0 Å². The molecule has 3 heterocycles. The van der Waals surface area contributed by atoms with Crippen LogP contribution in [0.15, 0.2) is 35.7 Å². The van der Waals surface area contributed by atoms with E-state index in [4.69, 9.17) is 0 Å². The van der Waals surface area contributed by atoms with Crippen molar-refractivity contribution in [3.63, 3.8) is 0 Å². The zero-order valence-electron chi connectivity index (χ0n) is 12.7. The van der Waals surface area contributed by atoms with Gasteiger partial charge < -0.3 is 9.88 Å². The van der Waals surface area contributed by atoms with Crippen molar-refractivity contribution in [2.24, 2.45) is 0 Å². The van der Waals surface area contributed by atoms with E-state index in [1.165, 1.54) is 28.8 Å². The number of hydrogen-bond acceptors (Lipinski definition) is 2. The molecule has 1 aliphatic rings. The minimum Gasteiger partial charge on any atom is -0.366 e. The van der Waals surface area contributed by atoms with Gasteiger partial charge in [0.1, 0.15) is 11.6 Å². The maximum atomic E-state index is 14.0. The van der Waals surface area contributed by atoms with Crippen LogP contribution >= 0.6 is 11.3 Å². The molecule has 1 aliphatic heterocycles. The summed E-state index contributed by atoms with van der Waals surface area (Å²) in [5.41, 5.74) is 3.99. The van der Waals surface area contributed by atoms with E-state index in [9.17, 15) is 8.78 Å². The Labute approximate surface area is 137 Å². The first-order chi connectivity index (χ1) is 11.1. The average molecular weight is 330 g/mol. The lowest BCUT2D eigenvalue weighted by atomic mass is 10.1. The monoisotopic (exact) mass is 330 g/mol. The molecule has 118 valence electrons. The molecule has 0 aliphatic carbocycles. The Balaban J connectivity index is 1.69. The number of H-pyrrole nitrogens is 1. The first kappa shape index (κ1) is 14.5. The summed E-state index contributed by atoms with van der Waals surface area (Å²) >= 11 is 1.74. The van der Waals surface area contributed by atoms with E-state index in [0.717, 1.165) is 30.8 Å². The van der Waals surface area contributed by atoms with Crippen molar-refractivity contribution in [3.8, 4) is 11.3 Å². The third-order valence-corrected chi connectivity index (χ3v) is 5.22. The van der Waals surface area contributed by atoms with Crippen LogP contribution in [-0.4, -0.2) is 11.5 Å². The van der Waals surface area contributed by atoms with Gasteiger partial charge in [0, 0.05) is 30.1 Å². The highest BCUT2D eigenvalue weighted by Gasteiger charge is 2.22. The maximum Gasteiger partial charge on any atom is 0.135 e. The Morgan fingerprint density at radius 3 is 2.65 bits per heavy atom. The number of thiophene rings is 1. The van der Waals surface area contributed by atoms with E-state index < -0.39 is 11.6 Å². The summed E-state index contributed by atoms with van der Waals surface area (Å²) in [5, 5.41) is 2.09. The second-order valence-corrected chi connectivity index (χ2v) is 6.94. The van der Waals surface area contributed by atoms with Gasteiger partial charge in [-0.25, -0.2) is 8.78 Å². The van der Waals surface area contributed by atoms with Gasteiger partial charge in [-0.15, -0.1) is 11.3 Å². The minimum atomic E-state index is -0.533. The lowest BCUT2D eigenvalue weighted by molar-refractivity contribution is 0.589. The van der Waals surface area contributed by atoms with Crippen LogP contribution in [-0.2, 0) is 13.0 Å². The Kier molecular flexibility index (Phi) is 3.45. The smallest absolute Gasteiger partial charge is 0.135 e. The number of anilines is 1. The molecule has 4 rings (SSSR count). The molecule has 0 spiro atoms. The average Bonchev–Trinajstić information content (AvgIpc) is 3.12. The van der Waals surface area contributed by atoms with Crippen molar-refractivity contribution in [3.05, 3.63) is 63.5 Å². The van der Waals surface area contributed by atoms with Crippen LogP contribution in [0.4, 0.5) is 14.5 Å². The molecule has 23 heavy (non-hydrogen) atoms. The van der Waals surface area contributed by atoms with Crippen molar-refractivity contribution in [1.29, 1.82) is 0 Å². The first-order valence-corrected chi connectivity index (χ1v) is 8.45. The summed E-state index contributed by atoms with van der Waals surface area (Å²) in [4.78, 5) is 6.83. The van der Waals surface area contributed by atoms with E-state index in [-0.39, 0.29) is 5.56 Å².